The van der Waals surface area contributed by atoms with Crippen LogP contribution in [0.3, 0.4) is 0 Å². The van der Waals surface area contributed by atoms with E-state index < -0.39 is 0 Å². The predicted octanol–water partition coefficient (Wildman–Crippen LogP) is 3.52. The molecule has 2 unspecified atom stereocenters. The van der Waals surface area contributed by atoms with Gasteiger partial charge >= 0.3 is 0 Å². The molecule has 17 heavy (non-hydrogen) atoms. The van der Waals surface area contributed by atoms with Crippen LogP contribution in [-0.4, -0.2) is 37.1 Å². The maximum atomic E-state index is 3.71. The predicted molar refractivity (Wildman–Crippen MR) is 78.6 cm³/mol. The topological polar surface area (TPSA) is 15.3 Å². The van der Waals surface area contributed by atoms with Crippen molar-refractivity contribution in [2.45, 2.75) is 66.3 Å². The van der Waals surface area contributed by atoms with Gasteiger partial charge in [-0.05, 0) is 51.4 Å². The van der Waals surface area contributed by atoms with E-state index in [1.165, 1.54) is 51.9 Å². The molecular weight excluding hydrogens is 208 g/mol. The van der Waals surface area contributed by atoms with Crippen molar-refractivity contribution in [1.29, 1.82) is 0 Å². The first-order chi connectivity index (χ1) is 8.17. The second-order valence-electron chi connectivity index (χ2n) is 5.22. The zero-order chi connectivity index (χ0) is 13.1. The Morgan fingerprint density at radius 3 is 2.18 bits per heavy atom. The third kappa shape index (κ3) is 8.62. The second kappa shape index (κ2) is 11.0. The van der Waals surface area contributed by atoms with Crippen LogP contribution >= 0.6 is 0 Å². The van der Waals surface area contributed by atoms with Crippen LogP contribution in [0.1, 0.15) is 60.3 Å². The molecule has 0 amide bonds. The lowest BCUT2D eigenvalue weighted by Crippen LogP contribution is -2.36. The summed E-state index contributed by atoms with van der Waals surface area (Å²) in [4.78, 5) is 2.53. The molecule has 0 fully saturated rings. The van der Waals surface area contributed by atoms with E-state index in [0.717, 1.165) is 5.92 Å². The third-order valence-electron chi connectivity index (χ3n) is 3.76. The van der Waals surface area contributed by atoms with Gasteiger partial charge in [0.05, 0.1) is 0 Å². The van der Waals surface area contributed by atoms with Gasteiger partial charge in [0.1, 0.15) is 0 Å². The smallest absolute Gasteiger partial charge is 0.00817 e. The Kier molecular flexibility index (Phi) is 11.0. The van der Waals surface area contributed by atoms with Gasteiger partial charge in [-0.15, -0.1) is 0 Å². The molecule has 0 saturated carbocycles. The van der Waals surface area contributed by atoms with E-state index in [9.17, 15) is 0 Å². The Hall–Kier alpha value is -0.0800. The molecule has 0 spiro atoms. The molecule has 0 bridgehead atoms. The van der Waals surface area contributed by atoms with Gasteiger partial charge in [0.15, 0.2) is 0 Å². The average Bonchev–Trinajstić information content (AvgIpc) is 2.36. The normalized spacial score (nSPS) is 15.2. The largest absolute Gasteiger partial charge is 0.314 e. The summed E-state index contributed by atoms with van der Waals surface area (Å²) in [6, 6.07) is 0.713. The summed E-state index contributed by atoms with van der Waals surface area (Å²) in [6.07, 6.45) is 5.17. The Labute approximate surface area is 109 Å². The lowest BCUT2D eigenvalue weighted by atomic mass is 9.97. The standard InChI is InChI=1S/C15H34N2/c1-6-11-16-15(13-14(5)7-2)10-12-17(8-3)9-4/h14-16H,6-13H2,1-5H3. The molecule has 2 nitrogen and oxygen atoms in total. The Morgan fingerprint density at radius 1 is 1.06 bits per heavy atom. The fourth-order valence-corrected chi connectivity index (χ4v) is 2.18. The minimum atomic E-state index is 0.713. The van der Waals surface area contributed by atoms with Crippen molar-refractivity contribution in [1.82, 2.24) is 10.2 Å². The Balaban J connectivity index is 3.99. The summed E-state index contributed by atoms with van der Waals surface area (Å²) in [6.45, 7) is 16.2. The van der Waals surface area contributed by atoms with Crippen LogP contribution in [0.25, 0.3) is 0 Å². The lowest BCUT2D eigenvalue weighted by Gasteiger charge is -2.25. The van der Waals surface area contributed by atoms with Gasteiger partial charge in [0.25, 0.3) is 0 Å². The molecule has 0 radical (unpaired) electrons. The minimum Gasteiger partial charge on any atom is -0.314 e. The van der Waals surface area contributed by atoms with Crippen LogP contribution in [-0.2, 0) is 0 Å². The van der Waals surface area contributed by atoms with Crippen molar-refractivity contribution in [3.63, 3.8) is 0 Å². The van der Waals surface area contributed by atoms with Crippen molar-refractivity contribution in [3.05, 3.63) is 0 Å². The molecule has 104 valence electrons. The van der Waals surface area contributed by atoms with Crippen molar-refractivity contribution in [3.8, 4) is 0 Å². The van der Waals surface area contributed by atoms with Gasteiger partial charge < -0.3 is 10.2 Å². The molecule has 0 aromatic rings. The maximum Gasteiger partial charge on any atom is 0.00817 e. The highest BCUT2D eigenvalue weighted by Gasteiger charge is 2.12. The molecule has 2 atom stereocenters. The summed E-state index contributed by atoms with van der Waals surface area (Å²) in [5, 5.41) is 3.71. The minimum absolute atomic E-state index is 0.713. The first-order valence-corrected chi connectivity index (χ1v) is 7.63. The molecule has 0 aliphatic heterocycles. The van der Waals surface area contributed by atoms with E-state index in [0.29, 0.717) is 6.04 Å². The zero-order valence-corrected chi connectivity index (χ0v) is 12.8. The quantitative estimate of drug-likeness (QED) is 0.596. The highest BCUT2D eigenvalue weighted by atomic mass is 15.1. The van der Waals surface area contributed by atoms with E-state index in [-0.39, 0.29) is 0 Å². The first kappa shape index (κ1) is 16.9. The Bertz CT molecular complexity index is 155. The molecule has 2 heteroatoms. The Morgan fingerprint density at radius 2 is 1.71 bits per heavy atom. The van der Waals surface area contributed by atoms with E-state index in [4.69, 9.17) is 0 Å². The van der Waals surface area contributed by atoms with Crippen LogP contribution in [0.2, 0.25) is 0 Å². The van der Waals surface area contributed by atoms with Gasteiger partial charge in [-0.3, -0.25) is 0 Å². The number of hydrogen-bond donors (Lipinski definition) is 1. The van der Waals surface area contributed by atoms with Crippen LogP contribution in [0.4, 0.5) is 0 Å². The average molecular weight is 242 g/mol. The monoisotopic (exact) mass is 242 g/mol. The van der Waals surface area contributed by atoms with Gasteiger partial charge in [0.2, 0.25) is 0 Å². The van der Waals surface area contributed by atoms with Crippen LogP contribution in [0, 0.1) is 5.92 Å². The van der Waals surface area contributed by atoms with E-state index in [1.807, 2.05) is 0 Å². The number of hydrogen-bond acceptors (Lipinski definition) is 2. The molecule has 0 rings (SSSR count). The van der Waals surface area contributed by atoms with Crippen LogP contribution in [0.15, 0.2) is 0 Å². The molecule has 0 aromatic heterocycles. The first-order valence-electron chi connectivity index (χ1n) is 7.63. The van der Waals surface area contributed by atoms with Crippen molar-refractivity contribution in [2.75, 3.05) is 26.2 Å². The van der Waals surface area contributed by atoms with E-state index in [1.54, 1.807) is 0 Å². The molecular formula is C15H34N2. The SMILES string of the molecule is CCCNC(CCN(CC)CC)CC(C)CC. The third-order valence-corrected chi connectivity index (χ3v) is 3.76. The molecule has 0 saturated heterocycles. The fraction of sp³-hybridized carbons (Fsp3) is 1.00. The van der Waals surface area contributed by atoms with Gasteiger partial charge in [-0.25, -0.2) is 0 Å². The zero-order valence-electron chi connectivity index (χ0n) is 12.8. The van der Waals surface area contributed by atoms with Gasteiger partial charge in [0, 0.05) is 6.04 Å². The summed E-state index contributed by atoms with van der Waals surface area (Å²) in [5.41, 5.74) is 0. The summed E-state index contributed by atoms with van der Waals surface area (Å²) in [5.74, 6) is 0.848. The summed E-state index contributed by atoms with van der Waals surface area (Å²) in [7, 11) is 0. The van der Waals surface area contributed by atoms with Crippen LogP contribution in [0.5, 0.6) is 0 Å². The number of rotatable bonds is 11. The summed E-state index contributed by atoms with van der Waals surface area (Å²) < 4.78 is 0. The van der Waals surface area contributed by atoms with Gasteiger partial charge in [-0.2, -0.15) is 0 Å². The van der Waals surface area contributed by atoms with Crippen LogP contribution < -0.4 is 5.32 Å². The number of nitrogens with one attached hydrogen (secondary N) is 1. The van der Waals surface area contributed by atoms with E-state index in [2.05, 4.69) is 44.8 Å². The molecule has 0 aromatic carbocycles. The van der Waals surface area contributed by atoms with Crippen molar-refractivity contribution >= 4 is 0 Å². The lowest BCUT2D eigenvalue weighted by molar-refractivity contribution is 0.267. The fourth-order valence-electron chi connectivity index (χ4n) is 2.18. The van der Waals surface area contributed by atoms with Crippen molar-refractivity contribution in [2.24, 2.45) is 5.92 Å². The number of nitrogens with zero attached hydrogens (tertiary/aromatic N) is 1. The highest BCUT2D eigenvalue weighted by Crippen LogP contribution is 2.12. The van der Waals surface area contributed by atoms with E-state index >= 15 is 0 Å². The van der Waals surface area contributed by atoms with Gasteiger partial charge in [-0.1, -0.05) is 41.0 Å². The highest BCUT2D eigenvalue weighted by molar-refractivity contribution is 4.71. The summed E-state index contributed by atoms with van der Waals surface area (Å²) >= 11 is 0. The molecule has 0 aliphatic rings. The maximum absolute atomic E-state index is 3.71. The second-order valence-corrected chi connectivity index (χ2v) is 5.22. The molecule has 0 aliphatic carbocycles. The molecule has 1 N–H and O–H groups in total. The molecule has 0 heterocycles. The van der Waals surface area contributed by atoms with Crippen molar-refractivity contribution < 1.29 is 0 Å².